The average Bonchev–Trinajstić information content (AvgIpc) is 2.24. The van der Waals surface area contributed by atoms with Crippen molar-refractivity contribution in [3.05, 3.63) is 0 Å². The molecule has 0 aromatic carbocycles. The molecule has 0 amide bonds. The predicted octanol–water partition coefficient (Wildman–Crippen LogP) is -1.67. The van der Waals surface area contributed by atoms with Crippen LogP contribution in [0.1, 0.15) is 39.5 Å². The molecule has 0 aromatic rings. The van der Waals surface area contributed by atoms with Gasteiger partial charge in [-0.05, 0) is 0 Å². The molecular formula is C10H22O11Ti. The molecule has 11 nitrogen and oxygen atoms in total. The average molecular weight is 366 g/mol. The Morgan fingerprint density at radius 2 is 1.05 bits per heavy atom. The van der Waals surface area contributed by atoms with Crippen molar-refractivity contribution < 1.29 is 67.7 Å². The van der Waals surface area contributed by atoms with Crippen molar-refractivity contribution in [3.63, 3.8) is 0 Å². The van der Waals surface area contributed by atoms with Crippen molar-refractivity contribution in [2.75, 3.05) is 0 Å². The fourth-order valence-electron chi connectivity index (χ4n) is 0.714. The van der Waals surface area contributed by atoms with Gasteiger partial charge >= 0.3 is 50.8 Å². The van der Waals surface area contributed by atoms with Crippen LogP contribution in [0.4, 0.5) is 0 Å². The number of carboxylic acids is 3. The van der Waals surface area contributed by atoms with E-state index < -0.39 is 54.5 Å². The number of carbonyl (C=O) groups is 3. The maximum absolute atomic E-state index is 10.3. The third kappa shape index (κ3) is 24.0. The standard InChI is InChI=1S/C6H8O7.C4H10.4H2O.Ti/c7-3(8)1-6(13,5(11)12)2-4(9)10;1-3-4-2;;;;;/h13H,1-2H2,(H,7,8)(H,9,10)(H,11,12);3-4H2,1-2H3;4*1H2;/q;;;;;;+4/p-4. The third-order valence-corrected chi connectivity index (χ3v) is 1.79. The van der Waals surface area contributed by atoms with Gasteiger partial charge in [0, 0.05) is 0 Å². The number of rotatable bonds is 6. The third-order valence-electron chi connectivity index (χ3n) is 1.79. The van der Waals surface area contributed by atoms with E-state index in [0.29, 0.717) is 0 Å². The summed E-state index contributed by atoms with van der Waals surface area (Å²) in [6, 6.07) is 0. The zero-order valence-electron chi connectivity index (χ0n) is 12.1. The fourth-order valence-corrected chi connectivity index (χ4v) is 0.714. The van der Waals surface area contributed by atoms with Crippen LogP contribution in [0.15, 0.2) is 0 Å². The van der Waals surface area contributed by atoms with Gasteiger partial charge in [-0.15, -0.1) is 0 Å². The van der Waals surface area contributed by atoms with Crippen molar-refractivity contribution in [1.29, 1.82) is 0 Å². The van der Waals surface area contributed by atoms with Crippen molar-refractivity contribution in [2.24, 2.45) is 0 Å². The van der Waals surface area contributed by atoms with Crippen molar-refractivity contribution >= 4 is 17.9 Å². The summed E-state index contributed by atoms with van der Waals surface area (Å²) in [5.74, 6) is -5.02. The Hall–Kier alpha value is -1.08. The minimum atomic E-state index is -5.00. The normalized spacial score (nSPS) is 10.5. The molecule has 132 valence electrons. The number of aliphatic carboxylic acids is 3. The summed E-state index contributed by atoms with van der Waals surface area (Å²) >= 11 is -5.00. The van der Waals surface area contributed by atoms with Crippen LogP contribution in [0.25, 0.3) is 0 Å². The summed E-state index contributed by atoms with van der Waals surface area (Å²) in [5.41, 5.74) is -2.74. The number of aliphatic hydroxyl groups is 1. The maximum atomic E-state index is 10.3. The van der Waals surface area contributed by atoms with Gasteiger partial charge in [0.15, 0.2) is 5.60 Å². The van der Waals surface area contributed by atoms with Gasteiger partial charge in [-0.3, -0.25) is 9.59 Å². The molecule has 0 saturated carbocycles. The molecule has 0 atom stereocenters. The van der Waals surface area contributed by atoms with E-state index >= 15 is 0 Å². The minimum absolute atomic E-state index is 1.14. The number of carboxylic acid groups (broad SMARTS) is 3. The summed E-state index contributed by atoms with van der Waals surface area (Å²) in [5, 5.41) is 33.8. The van der Waals surface area contributed by atoms with Gasteiger partial charge in [0.25, 0.3) is 0 Å². The van der Waals surface area contributed by atoms with Crippen LogP contribution >= 0.6 is 0 Å². The van der Waals surface area contributed by atoms with E-state index in [4.69, 9.17) is 35.2 Å². The second-order valence-corrected chi connectivity index (χ2v) is 5.95. The summed E-state index contributed by atoms with van der Waals surface area (Å²) in [6.45, 7) is 4.36. The number of hydrogen-bond acceptors (Lipinski definition) is 8. The molecule has 0 fully saturated rings. The quantitative estimate of drug-likeness (QED) is 0.249. The molecule has 0 unspecified atom stereocenters. The van der Waals surface area contributed by atoms with Gasteiger partial charge in [0.05, 0.1) is 12.8 Å². The Balaban J connectivity index is -0.000000330. The SMILES string of the molecule is CCCC.O=C(O)CC(O)(CC(=O)O)C(=O)O.[OH][Ti]([OH])([OH])[OH]. The Morgan fingerprint density at radius 3 is 1.14 bits per heavy atom. The molecule has 12 heteroatoms. The second kappa shape index (κ2) is 12.5. The first kappa shape index (κ1) is 25.9. The molecule has 0 aliphatic heterocycles. The van der Waals surface area contributed by atoms with Gasteiger partial charge in [-0.2, -0.15) is 0 Å². The second-order valence-electron chi connectivity index (χ2n) is 4.08. The molecule has 0 radical (unpaired) electrons. The summed E-state index contributed by atoms with van der Waals surface area (Å²) < 4.78 is 29.5. The molecule has 0 rings (SSSR count). The van der Waals surface area contributed by atoms with Crippen LogP contribution < -0.4 is 0 Å². The van der Waals surface area contributed by atoms with E-state index in [9.17, 15) is 14.4 Å². The van der Waals surface area contributed by atoms with Gasteiger partial charge in [0.2, 0.25) is 0 Å². The molecule has 0 bridgehead atoms. The molecular weight excluding hydrogens is 344 g/mol. The predicted molar refractivity (Wildman–Crippen MR) is 66.5 cm³/mol. The van der Waals surface area contributed by atoms with Crippen molar-refractivity contribution in [1.82, 2.24) is 0 Å². The Kier molecular flexibility index (Phi) is 14.7. The number of unbranched alkanes of at least 4 members (excludes halogenated alkanes) is 1. The topological polar surface area (TPSA) is 213 Å². The van der Waals surface area contributed by atoms with Gasteiger partial charge in [-0.1, -0.05) is 26.7 Å². The molecule has 22 heavy (non-hydrogen) atoms. The first-order valence-corrected chi connectivity index (χ1v) is 8.77. The molecule has 0 aliphatic carbocycles. The zero-order chi connectivity index (χ0) is 18.6. The van der Waals surface area contributed by atoms with Crippen LogP contribution in [0, 0.1) is 0 Å². The molecule has 0 saturated heterocycles. The molecule has 0 aliphatic rings. The van der Waals surface area contributed by atoms with E-state index in [0.717, 1.165) is 0 Å². The van der Waals surface area contributed by atoms with E-state index in [1.54, 1.807) is 0 Å². The van der Waals surface area contributed by atoms with Gasteiger partial charge < -0.3 is 20.4 Å². The molecule has 0 spiro atoms. The van der Waals surface area contributed by atoms with E-state index in [1.807, 2.05) is 0 Å². The van der Waals surface area contributed by atoms with Crippen molar-refractivity contribution in [2.45, 2.75) is 45.1 Å². The Morgan fingerprint density at radius 1 is 0.818 bits per heavy atom. The first-order chi connectivity index (χ1) is 9.69. The monoisotopic (exact) mass is 366 g/mol. The Labute approximate surface area is 131 Å². The summed E-state index contributed by atoms with van der Waals surface area (Å²) in [7, 11) is 0. The van der Waals surface area contributed by atoms with Gasteiger partial charge in [-0.25, -0.2) is 4.79 Å². The molecule has 8 N–H and O–H groups in total. The molecule has 0 aromatic heterocycles. The van der Waals surface area contributed by atoms with Crippen molar-refractivity contribution in [3.8, 4) is 0 Å². The fraction of sp³-hybridized carbons (Fsp3) is 0.700. The van der Waals surface area contributed by atoms with Gasteiger partial charge in [0.1, 0.15) is 0 Å². The van der Waals surface area contributed by atoms with Crippen LogP contribution in [-0.2, 0) is 32.5 Å². The van der Waals surface area contributed by atoms with Crippen LogP contribution in [0.2, 0.25) is 0 Å². The van der Waals surface area contributed by atoms with E-state index in [2.05, 4.69) is 13.8 Å². The summed E-state index contributed by atoms with van der Waals surface area (Å²) in [6.07, 6.45) is 0.350. The van der Waals surface area contributed by atoms with E-state index in [-0.39, 0.29) is 0 Å². The van der Waals surface area contributed by atoms with Crippen LogP contribution in [0.5, 0.6) is 0 Å². The van der Waals surface area contributed by atoms with E-state index in [1.165, 1.54) is 12.8 Å². The van der Waals surface area contributed by atoms with Crippen LogP contribution in [-0.4, -0.2) is 58.7 Å². The first-order valence-electron chi connectivity index (χ1n) is 5.98. The summed E-state index contributed by atoms with van der Waals surface area (Å²) in [4.78, 5) is 30.5. The zero-order valence-corrected chi connectivity index (χ0v) is 13.7. The van der Waals surface area contributed by atoms with Crippen LogP contribution in [0.3, 0.4) is 0 Å². The molecule has 0 heterocycles. The number of hydrogen-bond donors (Lipinski definition) is 8. The Bertz CT molecular complexity index is 325.